The Hall–Kier alpha value is -5.08. The number of hydrogen-bond acceptors (Lipinski definition) is 0. The van der Waals surface area contributed by atoms with Gasteiger partial charge < -0.3 is 9.97 Å². The van der Waals surface area contributed by atoms with E-state index in [0.29, 0.717) is 5.92 Å². The van der Waals surface area contributed by atoms with Gasteiger partial charge in [0.1, 0.15) is 0 Å². The summed E-state index contributed by atoms with van der Waals surface area (Å²) in [6.07, 6.45) is 2.18. The summed E-state index contributed by atoms with van der Waals surface area (Å²) in [6.45, 7) is 19.1. The molecule has 2 heteroatoms. The van der Waals surface area contributed by atoms with Gasteiger partial charge in [-0.25, -0.2) is 0 Å². The summed E-state index contributed by atoms with van der Waals surface area (Å²) in [5.41, 5.74) is 13.7. The summed E-state index contributed by atoms with van der Waals surface area (Å²) < 4.78 is 0. The van der Waals surface area contributed by atoms with Crippen LogP contribution in [-0.4, -0.2) is 9.97 Å². The van der Waals surface area contributed by atoms with Gasteiger partial charge in [0.25, 0.3) is 0 Å². The van der Waals surface area contributed by atoms with Crippen molar-refractivity contribution in [3.63, 3.8) is 0 Å². The fourth-order valence-electron chi connectivity index (χ4n) is 8.84. The Labute approximate surface area is 309 Å². The Morgan fingerprint density at radius 1 is 0.538 bits per heavy atom. The van der Waals surface area contributed by atoms with Crippen LogP contribution in [-0.2, 0) is 5.41 Å². The zero-order valence-electron chi connectivity index (χ0n) is 32.1. The average molecular weight is 681 g/mol. The minimum atomic E-state index is -0.255. The van der Waals surface area contributed by atoms with Gasteiger partial charge in [0.05, 0.1) is 16.6 Å². The van der Waals surface area contributed by atoms with Crippen LogP contribution in [0.25, 0.3) is 65.9 Å². The maximum Gasteiger partial charge on any atom is 0.0573 e. The van der Waals surface area contributed by atoms with Crippen LogP contribution in [0, 0.1) is 10.8 Å². The van der Waals surface area contributed by atoms with Gasteiger partial charge in [-0.1, -0.05) is 183 Å². The van der Waals surface area contributed by atoms with E-state index in [1.807, 2.05) is 0 Å². The fourth-order valence-corrected chi connectivity index (χ4v) is 8.84. The third-order valence-electron chi connectivity index (χ3n) is 13.5. The zero-order valence-corrected chi connectivity index (χ0v) is 32.1. The zero-order chi connectivity index (χ0) is 36.4. The molecular formula is C50H52N2. The number of H-pyrrole nitrogens is 2. The molecule has 8 aromatic rings. The molecule has 2 N–H and O–H groups in total. The second kappa shape index (κ2) is 12.6. The molecule has 0 fully saturated rings. The molecule has 0 saturated heterocycles. The van der Waals surface area contributed by atoms with Crippen LogP contribution >= 0.6 is 0 Å². The van der Waals surface area contributed by atoms with E-state index >= 15 is 0 Å². The van der Waals surface area contributed by atoms with Crippen molar-refractivity contribution in [1.29, 1.82) is 0 Å². The topological polar surface area (TPSA) is 31.6 Å². The molecule has 0 aliphatic carbocycles. The highest BCUT2D eigenvalue weighted by Crippen LogP contribution is 2.54. The number of hydrogen-bond donors (Lipinski definition) is 2. The smallest absolute Gasteiger partial charge is 0.0573 e. The first kappa shape index (κ1) is 34.0. The highest BCUT2D eigenvalue weighted by Gasteiger charge is 2.44. The van der Waals surface area contributed by atoms with Gasteiger partial charge in [-0.15, -0.1) is 0 Å². The fraction of sp³-hybridized carbons (Fsp3) is 0.280. The summed E-state index contributed by atoms with van der Waals surface area (Å²) in [4.78, 5) is 8.23. The largest absolute Gasteiger partial charge is 0.354 e. The summed E-state index contributed by atoms with van der Waals surface area (Å²) in [5.74, 6) is 0.426. The summed E-state index contributed by atoms with van der Waals surface area (Å²) >= 11 is 0. The normalized spacial score (nSPS) is 14.4. The van der Waals surface area contributed by atoms with E-state index in [2.05, 4.69) is 193 Å². The first-order valence-electron chi connectivity index (χ1n) is 19.2. The molecule has 2 aromatic heterocycles. The van der Waals surface area contributed by atoms with Crippen LogP contribution < -0.4 is 0 Å². The molecule has 8 rings (SSSR count). The van der Waals surface area contributed by atoms with E-state index in [0.717, 1.165) is 12.8 Å². The molecular weight excluding hydrogens is 629 g/mol. The quantitative estimate of drug-likeness (QED) is 0.152. The first-order chi connectivity index (χ1) is 25.0. The minimum absolute atomic E-state index is 0.0207. The third kappa shape index (κ3) is 5.06. The number of aromatic nitrogens is 2. The molecule has 2 unspecified atom stereocenters. The maximum atomic E-state index is 4.17. The number of nitrogens with one attached hydrogen (secondary N) is 2. The number of benzene rings is 6. The van der Waals surface area contributed by atoms with E-state index in [1.165, 1.54) is 82.6 Å². The van der Waals surface area contributed by atoms with Crippen LogP contribution in [0.4, 0.5) is 0 Å². The molecule has 0 aliphatic heterocycles. The van der Waals surface area contributed by atoms with E-state index in [1.54, 1.807) is 0 Å². The molecule has 6 aromatic carbocycles. The van der Waals surface area contributed by atoms with Gasteiger partial charge in [0, 0.05) is 43.6 Å². The van der Waals surface area contributed by atoms with Crippen molar-refractivity contribution in [2.24, 2.45) is 10.8 Å². The highest BCUT2D eigenvalue weighted by atomic mass is 14.8. The van der Waals surface area contributed by atoms with Crippen molar-refractivity contribution in [2.75, 3.05) is 0 Å². The Kier molecular flexibility index (Phi) is 8.21. The maximum absolute atomic E-state index is 4.17. The standard InChI is InChI=1S/C50H52N2/c1-9-48(4,5)32(3)35-29-30-37-40(31-35)51-47-43(37)41(33-21-14-11-15-22-33)42(34-23-16-12-17-24-34)46-44(47)38-27-20-28-39(45(38)52-46)50(8,49(6,7)10-2)36-25-18-13-19-26-36/h11-32,51-52H,9-10H2,1-8H3. The molecule has 0 saturated carbocycles. The molecule has 52 heavy (non-hydrogen) atoms. The highest BCUT2D eigenvalue weighted by molar-refractivity contribution is 6.32. The molecule has 0 amide bonds. The minimum Gasteiger partial charge on any atom is -0.354 e. The Balaban J connectivity index is 1.57. The second-order valence-corrected chi connectivity index (χ2v) is 16.6. The Morgan fingerprint density at radius 3 is 1.77 bits per heavy atom. The number of para-hydroxylation sites is 1. The predicted octanol–water partition coefficient (Wildman–Crippen LogP) is 14.6. The van der Waals surface area contributed by atoms with Gasteiger partial charge in [0.15, 0.2) is 0 Å². The van der Waals surface area contributed by atoms with Gasteiger partial charge in [0.2, 0.25) is 0 Å². The van der Waals surface area contributed by atoms with Crippen molar-refractivity contribution in [3.05, 3.63) is 144 Å². The molecule has 2 heterocycles. The number of rotatable bonds is 9. The van der Waals surface area contributed by atoms with Gasteiger partial charge in [-0.2, -0.15) is 0 Å². The molecule has 2 atom stereocenters. The summed E-state index contributed by atoms with van der Waals surface area (Å²) in [5, 5.41) is 5.07. The molecule has 2 nitrogen and oxygen atoms in total. The van der Waals surface area contributed by atoms with Crippen molar-refractivity contribution in [3.8, 4) is 22.3 Å². The lowest BCUT2D eigenvalue weighted by atomic mass is 9.58. The van der Waals surface area contributed by atoms with Crippen molar-refractivity contribution >= 4 is 43.6 Å². The Morgan fingerprint density at radius 2 is 1.15 bits per heavy atom. The van der Waals surface area contributed by atoms with Crippen LogP contribution in [0.2, 0.25) is 0 Å². The molecule has 0 radical (unpaired) electrons. The lowest BCUT2D eigenvalue weighted by Crippen LogP contribution is -2.40. The van der Waals surface area contributed by atoms with Crippen molar-refractivity contribution < 1.29 is 0 Å². The average Bonchev–Trinajstić information content (AvgIpc) is 3.76. The van der Waals surface area contributed by atoms with Gasteiger partial charge in [-0.05, 0) is 57.1 Å². The van der Waals surface area contributed by atoms with E-state index < -0.39 is 0 Å². The van der Waals surface area contributed by atoms with Crippen LogP contribution in [0.3, 0.4) is 0 Å². The first-order valence-corrected chi connectivity index (χ1v) is 19.2. The van der Waals surface area contributed by atoms with Gasteiger partial charge >= 0.3 is 0 Å². The summed E-state index contributed by atoms with van der Waals surface area (Å²) in [6, 6.07) is 47.3. The summed E-state index contributed by atoms with van der Waals surface area (Å²) in [7, 11) is 0. The van der Waals surface area contributed by atoms with Gasteiger partial charge in [-0.3, -0.25) is 0 Å². The second-order valence-electron chi connectivity index (χ2n) is 16.6. The van der Waals surface area contributed by atoms with E-state index in [4.69, 9.17) is 0 Å². The monoisotopic (exact) mass is 680 g/mol. The van der Waals surface area contributed by atoms with E-state index in [-0.39, 0.29) is 16.2 Å². The third-order valence-corrected chi connectivity index (χ3v) is 13.5. The van der Waals surface area contributed by atoms with Crippen LogP contribution in [0.15, 0.2) is 127 Å². The number of aromatic amines is 2. The lowest BCUT2D eigenvalue weighted by molar-refractivity contribution is 0.211. The van der Waals surface area contributed by atoms with Crippen LogP contribution in [0.1, 0.15) is 90.8 Å². The van der Waals surface area contributed by atoms with E-state index in [9.17, 15) is 0 Å². The number of fused-ring (bicyclic) bond motifs is 7. The van der Waals surface area contributed by atoms with Crippen LogP contribution in [0.5, 0.6) is 0 Å². The SMILES string of the molecule is CCC(C)(C)C(C)c1ccc2c(c1)[nH]c1c2c(-c2ccccc2)c(-c2ccccc2)c2[nH]c3c(C(C)(c4ccccc4)C(C)(C)CC)cccc3c21. The van der Waals surface area contributed by atoms with Crippen molar-refractivity contribution in [1.82, 2.24) is 9.97 Å². The Bertz CT molecular complexity index is 2550. The van der Waals surface area contributed by atoms with Crippen molar-refractivity contribution in [2.45, 2.75) is 79.6 Å². The molecule has 0 bridgehead atoms. The molecule has 262 valence electrons. The lowest BCUT2D eigenvalue weighted by Gasteiger charge is -2.45. The molecule has 0 spiro atoms. The molecule has 0 aliphatic rings. The predicted molar refractivity (Wildman–Crippen MR) is 225 cm³/mol.